The van der Waals surface area contributed by atoms with E-state index in [4.69, 9.17) is 20.0 Å². The molecule has 0 aliphatic carbocycles. The average molecular weight is 1720 g/mol. The van der Waals surface area contributed by atoms with Gasteiger partial charge in [0.05, 0.1) is 11.1 Å². The van der Waals surface area contributed by atoms with Gasteiger partial charge in [0.2, 0.25) is 0 Å². The summed E-state index contributed by atoms with van der Waals surface area (Å²) in [5.41, 5.74) is 20.0. The molecule has 0 unspecified atom stereocenters. The highest BCUT2D eigenvalue weighted by Gasteiger charge is 2.43. The van der Waals surface area contributed by atoms with Crippen molar-refractivity contribution in [1.82, 2.24) is 9.97 Å². The minimum absolute atomic E-state index is 0.273. The summed E-state index contributed by atoms with van der Waals surface area (Å²) in [6.07, 6.45) is 3.77. The second-order valence-corrected chi connectivity index (χ2v) is 40.7. The maximum absolute atomic E-state index is 11.0. The van der Waals surface area contributed by atoms with Crippen LogP contribution in [0.15, 0.2) is 496 Å². The number of nitriles is 2. The molecule has 12 heteroatoms. The molecule has 2 aromatic heterocycles. The molecule has 0 bridgehead atoms. The molecule has 0 radical (unpaired) electrons. The van der Waals surface area contributed by atoms with Gasteiger partial charge < -0.3 is 20.4 Å². The summed E-state index contributed by atoms with van der Waals surface area (Å²) in [4.78, 5) is 24.5. The Morgan fingerprint density at radius 2 is 0.508 bits per heavy atom. The molecule has 132 heavy (non-hydrogen) atoms. The van der Waals surface area contributed by atoms with Crippen molar-refractivity contribution in [1.29, 1.82) is 10.5 Å². The predicted molar refractivity (Wildman–Crippen MR) is 552 cm³/mol. The van der Waals surface area contributed by atoms with Crippen molar-refractivity contribution in [3.05, 3.63) is 508 Å². The first-order valence-corrected chi connectivity index (χ1v) is 48.3. The van der Waals surface area contributed by atoms with Crippen molar-refractivity contribution in [3.63, 3.8) is 0 Å². The summed E-state index contributed by atoms with van der Waals surface area (Å²) in [5.74, 6) is 2.70. The molecule has 620 valence electrons. The molecule has 0 saturated heterocycles. The summed E-state index contributed by atoms with van der Waals surface area (Å²) in [5, 5.41) is 44.5. The monoisotopic (exact) mass is 1720 g/mol. The lowest BCUT2D eigenvalue weighted by Crippen LogP contribution is -2.74. The average Bonchev–Trinajstić information content (AvgIpc) is 0.948. The Morgan fingerprint density at radius 1 is 0.235 bits per heavy atom. The van der Waals surface area contributed by atoms with Crippen LogP contribution in [0.25, 0.3) is 77.2 Å². The van der Waals surface area contributed by atoms with Gasteiger partial charge in [-0.15, -0.1) is 0 Å². The number of hydrogen-bond acceptors (Lipinski definition) is 8. The van der Waals surface area contributed by atoms with E-state index < -0.39 is 16.1 Å². The largest absolute Gasteiger partial charge is 0.339 e. The molecular weight excluding hydrogens is 1640 g/mol. The Balaban J connectivity index is 0.478. The number of nitrogens with zero attached hydrogens (tertiary/aromatic N) is 8. The first-order chi connectivity index (χ1) is 65.3. The van der Waals surface area contributed by atoms with Gasteiger partial charge in [-0.1, -0.05) is 358 Å². The summed E-state index contributed by atoms with van der Waals surface area (Å²) < 4.78 is 0. The zero-order valence-electron chi connectivity index (χ0n) is 71.8. The van der Waals surface area contributed by atoms with Gasteiger partial charge >= 0.3 is 0 Å². The smallest absolute Gasteiger partial charge is 0.179 e. The molecule has 0 fully saturated rings. The van der Waals surface area contributed by atoms with Gasteiger partial charge in [0.25, 0.3) is 0 Å². The van der Waals surface area contributed by atoms with Crippen LogP contribution in [0, 0.1) is 22.7 Å². The molecule has 0 spiro atoms. The van der Waals surface area contributed by atoms with Gasteiger partial charge in [-0.05, 0) is 212 Å². The first kappa shape index (κ1) is 80.3. The van der Waals surface area contributed by atoms with Crippen LogP contribution >= 0.6 is 0 Å². The minimum Gasteiger partial charge on any atom is -0.339 e. The predicted octanol–water partition coefficient (Wildman–Crippen LogP) is 24.1. The van der Waals surface area contributed by atoms with Gasteiger partial charge in [0.15, 0.2) is 27.8 Å². The fourth-order valence-electron chi connectivity index (χ4n) is 19.6. The second kappa shape index (κ2) is 35.0. The number of para-hydroxylation sites is 2. The van der Waals surface area contributed by atoms with Crippen LogP contribution in [0.3, 0.4) is 0 Å². The second-order valence-electron chi connectivity index (χ2n) is 33.1. The molecule has 4 heterocycles. The highest BCUT2D eigenvalue weighted by molar-refractivity contribution is 7.20. The van der Waals surface area contributed by atoms with Crippen LogP contribution in [0.2, 0.25) is 0 Å². The number of hydrogen-bond donors (Lipinski definition) is 2. The van der Waals surface area contributed by atoms with Crippen molar-refractivity contribution in [2.75, 3.05) is 20.4 Å². The van der Waals surface area contributed by atoms with E-state index in [1.807, 2.05) is 109 Å². The topological polar surface area (TPSA) is 129 Å². The lowest BCUT2D eigenvalue weighted by Gasteiger charge is -2.34. The summed E-state index contributed by atoms with van der Waals surface area (Å²) in [6, 6.07) is 173. The van der Waals surface area contributed by atoms with Crippen LogP contribution in [-0.2, 0) is 0 Å². The Morgan fingerprint density at radius 3 is 0.841 bits per heavy atom. The Hall–Kier alpha value is -17.5. The zero-order valence-corrected chi connectivity index (χ0v) is 73.8. The Bertz CT molecular complexity index is 7230. The van der Waals surface area contributed by atoms with E-state index in [2.05, 4.69) is 409 Å². The van der Waals surface area contributed by atoms with Crippen molar-refractivity contribution in [2.24, 2.45) is 9.98 Å². The molecule has 2 N–H and O–H groups in total. The Kier molecular flexibility index (Phi) is 21.3. The summed E-state index contributed by atoms with van der Waals surface area (Å²) >= 11 is 0. The minimum atomic E-state index is -2.69. The van der Waals surface area contributed by atoms with Crippen molar-refractivity contribution in [2.45, 2.75) is 0 Å². The molecule has 0 atom stereocenters. The number of pyridine rings is 2. The van der Waals surface area contributed by atoms with Crippen LogP contribution in [0.5, 0.6) is 0 Å². The molecule has 10 nitrogen and oxygen atoms in total. The fraction of sp³-hybridized carbons (Fsp3) is 0. The van der Waals surface area contributed by atoms with E-state index in [1.165, 1.54) is 41.5 Å². The third-order valence-electron chi connectivity index (χ3n) is 25.8. The molecule has 0 amide bonds. The third kappa shape index (κ3) is 14.7. The molecule has 0 saturated carbocycles. The quantitative estimate of drug-likeness (QED) is 0.0297. The first-order valence-electron chi connectivity index (χ1n) is 44.3. The molecule has 22 rings (SSSR count). The fourth-order valence-corrected chi connectivity index (χ4v) is 29.1. The third-order valence-corrected chi connectivity index (χ3v) is 35.4. The number of nitrogens with one attached hydrogen (secondary N) is 2. The van der Waals surface area contributed by atoms with Crippen molar-refractivity contribution in [3.8, 4) is 56.6 Å². The van der Waals surface area contributed by atoms with Crippen molar-refractivity contribution >= 4 is 159 Å². The summed E-state index contributed by atoms with van der Waals surface area (Å²) in [6.45, 7) is 0. The van der Waals surface area contributed by atoms with E-state index in [0.29, 0.717) is 22.8 Å². The van der Waals surface area contributed by atoms with Crippen LogP contribution < -0.4 is 61.9 Å². The SMILES string of the molecule is N#C/C(=C(/C#N)c1ccc(N(c2ccccc2)c2ccc(-c3ccc(N=C4Nc5cccc6c(-c7ccc([Si](c8ccccc8)(c8ccccc8)c8ccccc8)cc7)ccc4c56)nc3)cc2)cc1)c1ccc(N(c2ccccc2)c2ccc(-c3ccc(N=C4Nc5ccc(-c6ccc([Si](c7ccccc7)(c7ccccc7)c7ccccc7)cc6)c6cccc4c56)nc3)cc2)cc1. The number of aromatic nitrogens is 2. The number of aliphatic imine (C=N–C) groups is 2. The van der Waals surface area contributed by atoms with E-state index in [0.717, 1.165) is 134 Å². The molecule has 18 aromatic carbocycles. The van der Waals surface area contributed by atoms with Gasteiger partial charge in [-0.3, -0.25) is 0 Å². The highest BCUT2D eigenvalue weighted by atomic mass is 28.3. The zero-order chi connectivity index (χ0) is 88.3. The van der Waals surface area contributed by atoms with Gasteiger partial charge in [0.1, 0.15) is 23.8 Å². The lowest BCUT2D eigenvalue weighted by atomic mass is 9.95. The molecule has 2 aliphatic heterocycles. The highest BCUT2D eigenvalue weighted by Crippen LogP contribution is 2.45. The molecule has 2 aliphatic rings. The summed E-state index contributed by atoms with van der Waals surface area (Å²) in [7, 11) is -5.38. The maximum Gasteiger partial charge on any atom is 0.179 e. The number of benzene rings is 18. The van der Waals surface area contributed by atoms with Gasteiger partial charge in [0, 0.05) is 90.9 Å². The van der Waals surface area contributed by atoms with Crippen LogP contribution in [-0.4, -0.2) is 37.8 Å². The number of amidine groups is 2. The number of allylic oxidation sites excluding steroid dienone is 2. The van der Waals surface area contributed by atoms with Gasteiger partial charge in [-0.25, -0.2) is 20.0 Å². The number of rotatable bonds is 22. The maximum atomic E-state index is 11.0. The number of anilines is 8. The van der Waals surface area contributed by atoms with E-state index in [-0.39, 0.29) is 11.1 Å². The van der Waals surface area contributed by atoms with Gasteiger partial charge in [-0.2, -0.15) is 10.5 Å². The van der Waals surface area contributed by atoms with E-state index in [1.54, 1.807) is 0 Å². The normalized spacial score (nSPS) is 12.8. The van der Waals surface area contributed by atoms with Crippen LogP contribution in [0.1, 0.15) is 22.3 Å². The van der Waals surface area contributed by atoms with E-state index >= 15 is 0 Å². The molecule has 20 aromatic rings. The van der Waals surface area contributed by atoms with Crippen molar-refractivity contribution < 1.29 is 0 Å². The van der Waals surface area contributed by atoms with E-state index in [9.17, 15) is 10.5 Å². The molecular formula is C120H82N10Si2. The van der Waals surface area contributed by atoms with Crippen LogP contribution in [0.4, 0.5) is 57.1 Å². The Labute approximate surface area is 769 Å². The lowest BCUT2D eigenvalue weighted by molar-refractivity contribution is 1.27. The standard InChI is InChI=1S/C120H82N10Si2/c121-79-111(87-51-65-95(66-52-87)129(91-27-9-1-10-28-91)93-61-47-83(48-62-93)89-59-77-115(123-81-89)127-119-109-45-25-43-107-106(75-76-114(126-119)117(107)109)86-57-71-104(72-58-86)132(100-37-19-6-20-38-100,101-39-21-7-22-40-101)102-41-23-8-24-42-102)112(80-122)88-53-67-96(68-54-88)130(92-29-11-2-12-30-92)94-63-49-84(50-64-94)90-60-78-116(124-82-90)128-120-110-74-73-105(108-44-26-46-113(125-120)118(108)110)85-55-69-103(70-56-85)131(97-31-13-3-14-32-97,98-33-15-4-16-34-98)99-35-17-5-18-36-99/h1-78,81-82H,(H,123,126,127)(H,124,125,128)/b112-111+.